The summed E-state index contributed by atoms with van der Waals surface area (Å²) in [5.74, 6) is 3.37. The van der Waals surface area contributed by atoms with Gasteiger partial charge < -0.3 is 20.1 Å². The third-order valence-electron chi connectivity index (χ3n) is 5.99. The summed E-state index contributed by atoms with van der Waals surface area (Å²) in [6.07, 6.45) is 3.91. The number of aliphatic imine (C=N–C) groups is 1. The topological polar surface area (TPSA) is 58.1 Å². The summed E-state index contributed by atoms with van der Waals surface area (Å²) < 4.78 is 11.5. The summed E-state index contributed by atoms with van der Waals surface area (Å²) in [6, 6.07) is 5.49. The number of rotatable bonds is 5. The van der Waals surface area contributed by atoms with E-state index in [-0.39, 0.29) is 30.1 Å². The lowest BCUT2D eigenvalue weighted by Crippen LogP contribution is -2.46. The van der Waals surface area contributed by atoms with Gasteiger partial charge in [-0.25, -0.2) is 0 Å². The average Bonchev–Trinajstić information content (AvgIpc) is 3.35. The van der Waals surface area contributed by atoms with Crippen LogP contribution in [0.2, 0.25) is 0 Å². The first-order chi connectivity index (χ1) is 13.1. The quantitative estimate of drug-likeness (QED) is 0.370. The summed E-state index contributed by atoms with van der Waals surface area (Å²) in [4.78, 5) is 7.05. The van der Waals surface area contributed by atoms with Crippen LogP contribution in [-0.4, -0.2) is 56.3 Å². The highest BCUT2D eigenvalue weighted by Gasteiger charge is 2.38. The van der Waals surface area contributed by atoms with Gasteiger partial charge in [-0.05, 0) is 37.8 Å². The van der Waals surface area contributed by atoms with Crippen molar-refractivity contribution in [1.82, 2.24) is 15.5 Å². The third-order valence-corrected chi connectivity index (χ3v) is 5.99. The molecule has 3 atom stereocenters. The minimum absolute atomic E-state index is 0. The number of guanidine groups is 1. The van der Waals surface area contributed by atoms with Crippen molar-refractivity contribution in [3.63, 3.8) is 0 Å². The molecule has 0 radical (unpaired) electrons. The Bertz CT molecular complexity index is 723. The fourth-order valence-corrected chi connectivity index (χ4v) is 4.29. The van der Waals surface area contributed by atoms with E-state index in [1.807, 2.05) is 7.05 Å². The summed E-state index contributed by atoms with van der Waals surface area (Å²) in [6.45, 7) is 7.38. The van der Waals surface area contributed by atoms with E-state index in [1.54, 1.807) is 7.11 Å². The van der Waals surface area contributed by atoms with Gasteiger partial charge in [0.25, 0.3) is 0 Å². The first-order valence-corrected chi connectivity index (χ1v) is 10.1. The number of nitrogens with one attached hydrogen (secondary N) is 2. The Kier molecular flexibility index (Phi) is 6.96. The normalized spacial score (nSPS) is 27.0. The molecule has 3 unspecified atom stereocenters. The highest BCUT2D eigenvalue weighted by molar-refractivity contribution is 14.0. The molecular formula is C21H33IN4O2. The lowest BCUT2D eigenvalue weighted by molar-refractivity contribution is 0.254. The molecule has 2 fully saturated rings. The molecule has 28 heavy (non-hydrogen) atoms. The highest BCUT2D eigenvalue weighted by atomic mass is 127. The molecule has 1 saturated heterocycles. The van der Waals surface area contributed by atoms with Gasteiger partial charge in [-0.15, -0.1) is 24.0 Å². The minimum atomic E-state index is 0. The molecule has 0 aromatic heterocycles. The predicted octanol–water partition coefficient (Wildman–Crippen LogP) is 2.78. The summed E-state index contributed by atoms with van der Waals surface area (Å²) in [5, 5.41) is 7.08. The molecule has 1 aromatic carbocycles. The summed E-state index contributed by atoms with van der Waals surface area (Å²) >= 11 is 0. The van der Waals surface area contributed by atoms with Crippen molar-refractivity contribution >= 4 is 29.9 Å². The second-order valence-corrected chi connectivity index (χ2v) is 8.24. The molecule has 2 heterocycles. The molecule has 7 heteroatoms. The van der Waals surface area contributed by atoms with Gasteiger partial charge in [0.05, 0.1) is 7.11 Å². The lowest BCUT2D eigenvalue weighted by Gasteiger charge is -2.21. The van der Waals surface area contributed by atoms with E-state index in [1.165, 1.54) is 24.9 Å². The number of ether oxygens (including phenoxy) is 2. The van der Waals surface area contributed by atoms with Gasteiger partial charge in [0.15, 0.2) is 5.96 Å². The van der Waals surface area contributed by atoms with Gasteiger partial charge in [0.2, 0.25) is 0 Å². The zero-order valence-electron chi connectivity index (χ0n) is 17.3. The zero-order valence-corrected chi connectivity index (χ0v) is 19.7. The number of halogens is 1. The number of hydrogen-bond donors (Lipinski definition) is 2. The smallest absolute Gasteiger partial charge is 0.191 e. The monoisotopic (exact) mass is 500 g/mol. The first-order valence-electron chi connectivity index (χ1n) is 10.1. The van der Waals surface area contributed by atoms with Crippen molar-refractivity contribution in [3.8, 4) is 11.5 Å². The molecule has 1 aromatic rings. The Labute approximate surface area is 185 Å². The van der Waals surface area contributed by atoms with E-state index >= 15 is 0 Å². The van der Waals surface area contributed by atoms with Crippen LogP contribution in [0.3, 0.4) is 0 Å². The largest absolute Gasteiger partial charge is 0.496 e. The van der Waals surface area contributed by atoms with Crippen molar-refractivity contribution in [2.45, 2.75) is 57.8 Å². The molecule has 1 saturated carbocycles. The van der Waals surface area contributed by atoms with Crippen LogP contribution >= 0.6 is 24.0 Å². The second-order valence-electron chi connectivity index (χ2n) is 8.24. The Morgan fingerprint density at radius 2 is 2.07 bits per heavy atom. The Balaban J connectivity index is 0.00000225. The molecule has 1 aliphatic carbocycles. The van der Waals surface area contributed by atoms with Crippen molar-refractivity contribution in [1.29, 1.82) is 0 Å². The van der Waals surface area contributed by atoms with Crippen LogP contribution in [0.1, 0.15) is 37.8 Å². The van der Waals surface area contributed by atoms with E-state index in [0.717, 1.165) is 42.0 Å². The third kappa shape index (κ3) is 4.67. The van der Waals surface area contributed by atoms with Crippen LogP contribution in [-0.2, 0) is 13.0 Å². The van der Waals surface area contributed by atoms with Crippen LogP contribution in [0, 0.1) is 5.92 Å². The molecule has 6 nitrogen and oxygen atoms in total. The minimum Gasteiger partial charge on any atom is -0.496 e. The number of methoxy groups -OCH3 is 1. The van der Waals surface area contributed by atoms with Gasteiger partial charge in [0.1, 0.15) is 17.6 Å². The molecular weight excluding hydrogens is 467 g/mol. The maximum absolute atomic E-state index is 5.91. The molecule has 0 amide bonds. The van der Waals surface area contributed by atoms with Crippen LogP contribution < -0.4 is 20.1 Å². The SMILES string of the molecule is CN=C(NCc1cc2c(cc1OC)CC(C)O2)NC1CN(C2CC2)CC1C.I. The zero-order chi connectivity index (χ0) is 19.0. The maximum Gasteiger partial charge on any atom is 0.191 e. The van der Waals surface area contributed by atoms with Gasteiger partial charge in [-0.1, -0.05) is 6.92 Å². The standard InChI is InChI=1S/C21H32N4O2.HI/c1-13-11-25(17-5-6-17)12-18(13)24-21(22-3)23-10-16-9-20-15(7-14(2)27-20)8-19(16)26-4;/h8-9,13-14,17-18H,5-7,10-12H2,1-4H3,(H2,22,23,24);1H. The van der Waals surface area contributed by atoms with Crippen LogP contribution in [0.15, 0.2) is 17.1 Å². The molecule has 3 aliphatic rings. The van der Waals surface area contributed by atoms with Crippen molar-refractivity contribution in [2.75, 3.05) is 27.2 Å². The molecule has 0 spiro atoms. The molecule has 156 valence electrons. The number of hydrogen-bond acceptors (Lipinski definition) is 4. The van der Waals surface area contributed by atoms with Crippen LogP contribution in [0.4, 0.5) is 0 Å². The van der Waals surface area contributed by atoms with Crippen molar-refractivity contribution < 1.29 is 9.47 Å². The maximum atomic E-state index is 5.91. The van der Waals surface area contributed by atoms with E-state index in [0.29, 0.717) is 18.5 Å². The van der Waals surface area contributed by atoms with Crippen LogP contribution in [0.25, 0.3) is 0 Å². The fraction of sp³-hybridized carbons (Fsp3) is 0.667. The van der Waals surface area contributed by atoms with E-state index < -0.39 is 0 Å². The Morgan fingerprint density at radius 1 is 1.29 bits per heavy atom. The van der Waals surface area contributed by atoms with E-state index in [4.69, 9.17) is 9.47 Å². The van der Waals surface area contributed by atoms with Crippen molar-refractivity contribution in [2.24, 2.45) is 10.9 Å². The number of fused-ring (bicyclic) bond motifs is 1. The van der Waals surface area contributed by atoms with Gasteiger partial charge in [0, 0.05) is 56.3 Å². The summed E-state index contributed by atoms with van der Waals surface area (Å²) in [5.41, 5.74) is 2.32. The number of nitrogens with zero attached hydrogens (tertiary/aromatic N) is 2. The second kappa shape index (κ2) is 9.07. The lowest BCUT2D eigenvalue weighted by atomic mass is 10.1. The van der Waals surface area contributed by atoms with E-state index in [2.05, 4.69) is 46.5 Å². The summed E-state index contributed by atoms with van der Waals surface area (Å²) in [7, 11) is 3.56. The highest BCUT2D eigenvalue weighted by Crippen LogP contribution is 2.35. The Hall–Kier alpha value is -1.22. The van der Waals surface area contributed by atoms with Gasteiger partial charge in [-0.3, -0.25) is 9.89 Å². The predicted molar refractivity (Wildman–Crippen MR) is 123 cm³/mol. The first kappa shape index (κ1) is 21.5. The fourth-order valence-electron chi connectivity index (χ4n) is 4.29. The van der Waals surface area contributed by atoms with E-state index in [9.17, 15) is 0 Å². The number of benzene rings is 1. The molecule has 2 N–H and O–H groups in total. The average molecular weight is 500 g/mol. The van der Waals surface area contributed by atoms with Crippen LogP contribution in [0.5, 0.6) is 11.5 Å². The Morgan fingerprint density at radius 3 is 2.75 bits per heavy atom. The van der Waals surface area contributed by atoms with Gasteiger partial charge in [-0.2, -0.15) is 0 Å². The van der Waals surface area contributed by atoms with Crippen molar-refractivity contribution in [3.05, 3.63) is 23.3 Å². The molecule has 0 bridgehead atoms. The van der Waals surface area contributed by atoms with Gasteiger partial charge >= 0.3 is 0 Å². The molecule has 4 rings (SSSR count). The molecule has 2 aliphatic heterocycles. The number of likely N-dealkylation sites (tertiary alicyclic amines) is 1.